The summed E-state index contributed by atoms with van der Waals surface area (Å²) in [5.74, 6) is -1.78. The number of nitrogens with one attached hydrogen (secondary N) is 1. The van der Waals surface area contributed by atoms with E-state index in [2.05, 4.69) is 35.2 Å². The lowest BCUT2D eigenvalue weighted by Crippen LogP contribution is -2.12. The number of pyridine rings is 2. The van der Waals surface area contributed by atoms with Crippen LogP contribution in [-0.4, -0.2) is 41.0 Å². The van der Waals surface area contributed by atoms with Crippen LogP contribution in [0.15, 0.2) is 43.1 Å². The standard InChI is InChI=1S/C19H9F6N7O2/c20-18(21,22)9-5-29-17(30-6-9)32-11-1-2-26-15-14(11)28-7-12(31-15)13-10(19(23,24)25)3-8(4-27-13)16(33)34/h1-7H,(H,33,34)(H,26,29,30,31,32). The predicted octanol–water partition coefficient (Wildman–Crippen LogP) is 4.36. The average Bonchev–Trinajstić information content (AvgIpc) is 2.77. The Hall–Kier alpha value is -4.43. The first-order chi connectivity index (χ1) is 15.9. The minimum absolute atomic E-state index is 0.0606. The van der Waals surface area contributed by atoms with Gasteiger partial charge in [-0.3, -0.25) is 4.98 Å². The van der Waals surface area contributed by atoms with Crippen molar-refractivity contribution in [2.24, 2.45) is 0 Å². The zero-order valence-corrected chi connectivity index (χ0v) is 16.3. The largest absolute Gasteiger partial charge is 0.478 e. The molecule has 0 aromatic carbocycles. The summed E-state index contributed by atoms with van der Waals surface area (Å²) in [6.45, 7) is 0. The number of fused-ring (bicyclic) bond motifs is 1. The van der Waals surface area contributed by atoms with Gasteiger partial charge in [-0.25, -0.2) is 29.7 Å². The van der Waals surface area contributed by atoms with Crippen LogP contribution in [0.1, 0.15) is 21.5 Å². The molecule has 0 saturated carbocycles. The normalized spacial score (nSPS) is 12.1. The van der Waals surface area contributed by atoms with Gasteiger partial charge in [0.25, 0.3) is 0 Å². The maximum absolute atomic E-state index is 13.5. The van der Waals surface area contributed by atoms with Crippen molar-refractivity contribution in [1.29, 1.82) is 0 Å². The number of aromatic carboxylic acids is 1. The number of hydrogen-bond acceptors (Lipinski definition) is 8. The molecule has 0 aliphatic carbocycles. The third-order valence-corrected chi connectivity index (χ3v) is 4.36. The molecule has 0 saturated heterocycles. The van der Waals surface area contributed by atoms with Crippen LogP contribution in [0.25, 0.3) is 22.6 Å². The second-order valence-electron chi connectivity index (χ2n) is 6.63. The van der Waals surface area contributed by atoms with E-state index in [1.54, 1.807) is 0 Å². The number of alkyl halides is 6. The van der Waals surface area contributed by atoms with Crippen LogP contribution >= 0.6 is 0 Å². The number of nitrogens with zero attached hydrogens (tertiary/aromatic N) is 6. The third kappa shape index (κ3) is 4.53. The zero-order valence-electron chi connectivity index (χ0n) is 16.3. The van der Waals surface area contributed by atoms with E-state index >= 15 is 0 Å². The molecule has 4 rings (SSSR count). The van der Waals surface area contributed by atoms with Crippen molar-refractivity contribution in [1.82, 2.24) is 29.9 Å². The van der Waals surface area contributed by atoms with Crippen molar-refractivity contribution in [2.75, 3.05) is 5.32 Å². The van der Waals surface area contributed by atoms with E-state index in [9.17, 15) is 31.1 Å². The van der Waals surface area contributed by atoms with Crippen LogP contribution in [-0.2, 0) is 12.4 Å². The SMILES string of the molecule is O=C(O)c1cnc(-c2cnc3c(Nc4ncc(C(F)(F)F)cn4)ccnc3n2)c(C(F)(F)F)c1. The lowest BCUT2D eigenvalue weighted by molar-refractivity contribution is -0.138. The highest BCUT2D eigenvalue weighted by Crippen LogP contribution is 2.36. The summed E-state index contributed by atoms with van der Waals surface area (Å²) >= 11 is 0. The first-order valence-electron chi connectivity index (χ1n) is 9.02. The van der Waals surface area contributed by atoms with Crippen LogP contribution in [0.5, 0.6) is 0 Å². The van der Waals surface area contributed by atoms with Crippen LogP contribution in [0, 0.1) is 0 Å². The highest BCUT2D eigenvalue weighted by molar-refractivity contribution is 5.89. The molecule has 174 valence electrons. The molecule has 0 spiro atoms. The predicted molar refractivity (Wildman–Crippen MR) is 103 cm³/mol. The van der Waals surface area contributed by atoms with Gasteiger partial charge in [-0.15, -0.1) is 0 Å². The Morgan fingerprint density at radius 3 is 2.21 bits per heavy atom. The molecule has 0 fully saturated rings. The van der Waals surface area contributed by atoms with Crippen molar-refractivity contribution in [3.05, 3.63) is 59.8 Å². The van der Waals surface area contributed by atoms with E-state index in [1.165, 1.54) is 12.3 Å². The Balaban J connectivity index is 1.73. The molecule has 0 radical (unpaired) electrons. The van der Waals surface area contributed by atoms with E-state index in [1.807, 2.05) is 0 Å². The summed E-state index contributed by atoms with van der Waals surface area (Å²) in [4.78, 5) is 33.8. The summed E-state index contributed by atoms with van der Waals surface area (Å²) in [7, 11) is 0. The highest BCUT2D eigenvalue weighted by Gasteiger charge is 2.36. The number of aromatic nitrogens is 6. The van der Waals surface area contributed by atoms with Crippen LogP contribution < -0.4 is 5.32 Å². The minimum atomic E-state index is -4.93. The molecular weight excluding hydrogens is 472 g/mol. The second kappa shape index (κ2) is 8.17. The number of rotatable bonds is 4. The Labute approximate surface area is 184 Å². The number of carboxylic acid groups (broad SMARTS) is 1. The Kier molecular flexibility index (Phi) is 5.46. The molecule has 0 unspecified atom stereocenters. The molecule has 4 heterocycles. The molecule has 2 N–H and O–H groups in total. The van der Waals surface area contributed by atoms with Crippen molar-refractivity contribution in [2.45, 2.75) is 12.4 Å². The smallest absolute Gasteiger partial charge is 0.419 e. The molecule has 9 nitrogen and oxygen atoms in total. The van der Waals surface area contributed by atoms with E-state index in [0.29, 0.717) is 18.5 Å². The maximum atomic E-state index is 13.5. The molecule has 0 amide bonds. The van der Waals surface area contributed by atoms with Gasteiger partial charge in [-0.1, -0.05) is 0 Å². The van der Waals surface area contributed by atoms with Gasteiger partial charge in [-0.05, 0) is 12.1 Å². The molecule has 34 heavy (non-hydrogen) atoms. The van der Waals surface area contributed by atoms with Crippen LogP contribution in [0.3, 0.4) is 0 Å². The summed E-state index contributed by atoms with van der Waals surface area (Å²) in [6, 6.07) is 1.82. The van der Waals surface area contributed by atoms with Gasteiger partial charge in [-0.2, -0.15) is 26.3 Å². The summed E-state index contributed by atoms with van der Waals surface area (Å²) in [5, 5.41) is 11.6. The molecular formula is C19H9F6N7O2. The zero-order chi connectivity index (χ0) is 24.7. The molecule has 0 aliphatic rings. The van der Waals surface area contributed by atoms with Crippen molar-refractivity contribution >= 4 is 28.8 Å². The first-order valence-corrected chi connectivity index (χ1v) is 9.02. The Morgan fingerprint density at radius 2 is 1.59 bits per heavy atom. The van der Waals surface area contributed by atoms with Gasteiger partial charge in [0.2, 0.25) is 5.95 Å². The number of carboxylic acids is 1. The molecule has 0 atom stereocenters. The van der Waals surface area contributed by atoms with E-state index in [-0.39, 0.29) is 28.5 Å². The number of hydrogen-bond donors (Lipinski definition) is 2. The molecule has 0 aliphatic heterocycles. The highest BCUT2D eigenvalue weighted by atomic mass is 19.4. The third-order valence-electron chi connectivity index (χ3n) is 4.36. The summed E-state index contributed by atoms with van der Waals surface area (Å²) in [5.41, 5.74) is -3.90. The second-order valence-corrected chi connectivity index (χ2v) is 6.63. The first kappa shape index (κ1) is 22.8. The molecule has 4 aromatic rings. The van der Waals surface area contributed by atoms with Crippen LogP contribution in [0.4, 0.5) is 38.0 Å². The van der Waals surface area contributed by atoms with Gasteiger partial charge in [0.1, 0.15) is 16.9 Å². The van der Waals surface area contributed by atoms with Gasteiger partial charge < -0.3 is 10.4 Å². The fraction of sp³-hybridized carbons (Fsp3) is 0.105. The lowest BCUT2D eigenvalue weighted by Gasteiger charge is -2.13. The summed E-state index contributed by atoms with van der Waals surface area (Å²) in [6.07, 6.45) is -5.43. The van der Waals surface area contributed by atoms with E-state index < -0.39 is 40.7 Å². The number of anilines is 2. The van der Waals surface area contributed by atoms with Gasteiger partial charge in [0.05, 0.1) is 28.6 Å². The average molecular weight is 481 g/mol. The number of carbonyl (C=O) groups is 1. The fourth-order valence-electron chi connectivity index (χ4n) is 2.80. The molecule has 4 aromatic heterocycles. The fourth-order valence-corrected chi connectivity index (χ4v) is 2.80. The topological polar surface area (TPSA) is 127 Å². The van der Waals surface area contributed by atoms with Gasteiger partial charge in [0.15, 0.2) is 5.65 Å². The van der Waals surface area contributed by atoms with E-state index in [4.69, 9.17) is 5.11 Å². The number of halogens is 6. The van der Waals surface area contributed by atoms with Gasteiger partial charge in [0, 0.05) is 24.8 Å². The Morgan fingerprint density at radius 1 is 0.882 bits per heavy atom. The summed E-state index contributed by atoms with van der Waals surface area (Å²) < 4.78 is 78.5. The monoisotopic (exact) mass is 481 g/mol. The van der Waals surface area contributed by atoms with Crippen molar-refractivity contribution < 1.29 is 36.2 Å². The maximum Gasteiger partial charge on any atom is 0.419 e. The molecule has 0 bridgehead atoms. The van der Waals surface area contributed by atoms with Crippen molar-refractivity contribution in [3.8, 4) is 11.4 Å². The van der Waals surface area contributed by atoms with E-state index in [0.717, 1.165) is 12.4 Å². The quantitative estimate of drug-likeness (QED) is 0.409. The Bertz CT molecular complexity index is 1390. The lowest BCUT2D eigenvalue weighted by atomic mass is 10.1. The minimum Gasteiger partial charge on any atom is -0.478 e. The molecule has 15 heteroatoms. The van der Waals surface area contributed by atoms with Crippen molar-refractivity contribution in [3.63, 3.8) is 0 Å². The van der Waals surface area contributed by atoms with Crippen LogP contribution in [0.2, 0.25) is 0 Å². The van der Waals surface area contributed by atoms with Gasteiger partial charge >= 0.3 is 18.3 Å².